The van der Waals surface area contributed by atoms with Crippen LogP contribution in [0.25, 0.3) is 0 Å². The molecule has 0 aliphatic carbocycles. The first-order valence-corrected chi connectivity index (χ1v) is 7.85. The van der Waals surface area contributed by atoms with Crippen molar-refractivity contribution in [1.29, 1.82) is 0 Å². The smallest absolute Gasteiger partial charge is 0.246 e. The molecule has 0 fully saturated rings. The molecule has 0 bridgehead atoms. The second kappa shape index (κ2) is 6.38. The molecule has 2 aromatic rings. The van der Waals surface area contributed by atoms with E-state index < -0.39 is 20.7 Å². The van der Waals surface area contributed by atoms with Gasteiger partial charge in [-0.25, -0.2) is 12.8 Å². The molecule has 1 aromatic heterocycles. The number of aliphatic hydroxyl groups is 1. The van der Waals surface area contributed by atoms with Gasteiger partial charge < -0.3 is 9.52 Å². The number of rotatable bonds is 6. The topological polar surface area (TPSA) is 70.8 Å². The molecule has 21 heavy (non-hydrogen) atoms. The summed E-state index contributed by atoms with van der Waals surface area (Å²) < 4.78 is 45.2. The predicted molar refractivity (Wildman–Crippen MR) is 74.3 cm³/mol. The molecule has 0 spiro atoms. The summed E-state index contributed by atoms with van der Waals surface area (Å²) in [5, 5.41) is 9.08. The summed E-state index contributed by atoms with van der Waals surface area (Å²) in [6, 6.07) is 6.84. The number of hydrogen-bond acceptors (Lipinski definition) is 4. The van der Waals surface area contributed by atoms with Crippen molar-refractivity contribution in [1.82, 2.24) is 4.31 Å². The van der Waals surface area contributed by atoms with Gasteiger partial charge in [-0.3, -0.25) is 0 Å². The summed E-state index contributed by atoms with van der Waals surface area (Å²) in [6.07, 6.45) is 1.45. The van der Waals surface area contributed by atoms with Gasteiger partial charge in [-0.2, -0.15) is 4.31 Å². The van der Waals surface area contributed by atoms with E-state index >= 15 is 0 Å². The molecule has 1 heterocycles. The van der Waals surface area contributed by atoms with Crippen molar-refractivity contribution in [2.75, 3.05) is 6.54 Å². The van der Waals surface area contributed by atoms with Crippen molar-refractivity contribution in [3.8, 4) is 0 Å². The van der Waals surface area contributed by atoms with Gasteiger partial charge in [0.15, 0.2) is 0 Å². The van der Waals surface area contributed by atoms with Crippen molar-refractivity contribution in [3.05, 3.63) is 53.7 Å². The molecule has 0 aliphatic rings. The molecule has 0 atom stereocenters. The fourth-order valence-electron chi connectivity index (χ4n) is 1.93. The lowest BCUT2D eigenvalue weighted by Crippen LogP contribution is -2.31. The summed E-state index contributed by atoms with van der Waals surface area (Å²) >= 11 is 0. The molecule has 0 unspecified atom stereocenters. The first-order chi connectivity index (χ1) is 9.98. The van der Waals surface area contributed by atoms with Crippen LogP contribution in [-0.4, -0.2) is 24.4 Å². The Hall–Kier alpha value is -1.70. The Bertz CT molecular complexity index is 698. The highest BCUT2D eigenvalue weighted by atomic mass is 32.2. The van der Waals surface area contributed by atoms with Gasteiger partial charge in [0.25, 0.3) is 0 Å². The molecule has 0 aliphatic heterocycles. The summed E-state index contributed by atoms with van der Waals surface area (Å²) in [6.45, 7) is 1.50. The van der Waals surface area contributed by atoms with Crippen LogP contribution in [0.15, 0.2) is 45.9 Å². The van der Waals surface area contributed by atoms with Gasteiger partial charge in [-0.15, -0.1) is 0 Å². The first-order valence-electron chi connectivity index (χ1n) is 6.41. The third-order valence-corrected chi connectivity index (χ3v) is 5.00. The molecular weight excluding hydrogens is 297 g/mol. The maximum absolute atomic E-state index is 13.9. The van der Waals surface area contributed by atoms with Crippen LogP contribution in [-0.2, 0) is 23.2 Å². The zero-order valence-electron chi connectivity index (χ0n) is 11.5. The number of aliphatic hydroxyl groups excluding tert-OH is 1. The minimum absolute atomic E-state index is 0.0224. The van der Waals surface area contributed by atoms with E-state index in [0.717, 1.165) is 16.4 Å². The third kappa shape index (κ3) is 3.31. The lowest BCUT2D eigenvalue weighted by atomic mass is 10.2. The maximum atomic E-state index is 13.9. The van der Waals surface area contributed by atoms with E-state index in [1.807, 2.05) is 0 Å². The number of benzene rings is 1. The van der Waals surface area contributed by atoms with Crippen LogP contribution in [0.3, 0.4) is 0 Å². The second-order valence-electron chi connectivity index (χ2n) is 4.43. The molecule has 0 saturated carbocycles. The summed E-state index contributed by atoms with van der Waals surface area (Å²) in [5.74, 6) is -0.371. The van der Waals surface area contributed by atoms with Gasteiger partial charge in [0, 0.05) is 6.54 Å². The largest absolute Gasteiger partial charge is 0.468 e. The number of nitrogens with zero attached hydrogens (tertiary/aromatic N) is 1. The van der Waals surface area contributed by atoms with Crippen molar-refractivity contribution >= 4 is 10.0 Å². The number of hydrogen-bond donors (Lipinski definition) is 1. The standard InChI is InChI=1S/C14H16FNO4S/c1-2-16(9-12-4-3-7-20-12)21(18,19)14-8-11(10-17)5-6-13(14)15/h3-8,17H,2,9-10H2,1H3. The van der Waals surface area contributed by atoms with Gasteiger partial charge in [0.1, 0.15) is 16.5 Å². The normalized spacial score (nSPS) is 12.0. The van der Waals surface area contributed by atoms with Gasteiger partial charge in [0.2, 0.25) is 10.0 Å². The monoisotopic (exact) mass is 313 g/mol. The Labute approximate surface area is 122 Å². The van der Waals surface area contributed by atoms with Crippen molar-refractivity contribution in [2.24, 2.45) is 0 Å². The Morgan fingerprint density at radius 2 is 2.10 bits per heavy atom. The van der Waals surface area contributed by atoms with E-state index in [9.17, 15) is 12.8 Å². The lowest BCUT2D eigenvalue weighted by Gasteiger charge is -2.20. The molecule has 114 valence electrons. The highest BCUT2D eigenvalue weighted by Gasteiger charge is 2.27. The van der Waals surface area contributed by atoms with Crippen molar-refractivity contribution in [2.45, 2.75) is 25.0 Å². The van der Waals surface area contributed by atoms with E-state index in [0.29, 0.717) is 11.3 Å². The highest BCUT2D eigenvalue weighted by Crippen LogP contribution is 2.22. The fraction of sp³-hybridized carbons (Fsp3) is 0.286. The highest BCUT2D eigenvalue weighted by molar-refractivity contribution is 7.89. The zero-order chi connectivity index (χ0) is 15.5. The predicted octanol–water partition coefficient (Wildman–Crippen LogP) is 2.12. The second-order valence-corrected chi connectivity index (χ2v) is 6.34. The fourth-order valence-corrected chi connectivity index (χ4v) is 3.46. The average molecular weight is 313 g/mol. The van der Waals surface area contributed by atoms with Crippen LogP contribution in [0, 0.1) is 5.82 Å². The molecule has 2 rings (SSSR count). The SMILES string of the molecule is CCN(Cc1ccco1)S(=O)(=O)c1cc(CO)ccc1F. The van der Waals surface area contributed by atoms with E-state index in [4.69, 9.17) is 9.52 Å². The van der Waals surface area contributed by atoms with Gasteiger partial charge in [0.05, 0.1) is 19.4 Å². The van der Waals surface area contributed by atoms with Crippen LogP contribution < -0.4 is 0 Å². The van der Waals surface area contributed by atoms with Crippen molar-refractivity contribution < 1.29 is 22.3 Å². The van der Waals surface area contributed by atoms with Gasteiger partial charge in [-0.1, -0.05) is 13.0 Å². The van der Waals surface area contributed by atoms with Gasteiger partial charge >= 0.3 is 0 Å². The summed E-state index contributed by atoms with van der Waals surface area (Å²) in [5.41, 5.74) is 0.337. The Morgan fingerprint density at radius 1 is 1.33 bits per heavy atom. The van der Waals surface area contributed by atoms with E-state index in [-0.39, 0.29) is 19.7 Å². The van der Waals surface area contributed by atoms with Crippen LogP contribution in [0.5, 0.6) is 0 Å². The maximum Gasteiger partial charge on any atom is 0.246 e. The summed E-state index contributed by atoms with van der Waals surface area (Å²) in [4.78, 5) is -0.442. The molecule has 1 aromatic carbocycles. The summed E-state index contributed by atoms with van der Waals surface area (Å²) in [7, 11) is -4.00. The Balaban J connectivity index is 2.39. The number of furan rings is 1. The lowest BCUT2D eigenvalue weighted by molar-refractivity contribution is 0.281. The van der Waals surface area contributed by atoms with E-state index in [2.05, 4.69) is 0 Å². The number of sulfonamides is 1. The number of halogens is 1. The minimum atomic E-state index is -4.00. The molecular formula is C14H16FNO4S. The Kier molecular flexibility index (Phi) is 4.76. The van der Waals surface area contributed by atoms with E-state index in [1.54, 1.807) is 19.1 Å². The molecule has 0 amide bonds. The zero-order valence-corrected chi connectivity index (χ0v) is 12.3. The minimum Gasteiger partial charge on any atom is -0.468 e. The van der Waals surface area contributed by atoms with Crippen LogP contribution in [0.4, 0.5) is 4.39 Å². The molecule has 0 radical (unpaired) electrons. The molecule has 7 heteroatoms. The average Bonchev–Trinajstić information content (AvgIpc) is 2.98. The van der Waals surface area contributed by atoms with Crippen molar-refractivity contribution in [3.63, 3.8) is 0 Å². The van der Waals surface area contributed by atoms with Gasteiger partial charge in [-0.05, 0) is 29.8 Å². The van der Waals surface area contributed by atoms with E-state index in [1.165, 1.54) is 12.3 Å². The Morgan fingerprint density at radius 3 is 2.67 bits per heavy atom. The van der Waals surface area contributed by atoms with Crippen LogP contribution >= 0.6 is 0 Å². The molecule has 1 N–H and O–H groups in total. The molecule has 5 nitrogen and oxygen atoms in total. The van der Waals surface area contributed by atoms with Crippen LogP contribution in [0.1, 0.15) is 18.2 Å². The first kappa shape index (κ1) is 15.7. The molecule has 0 saturated heterocycles. The quantitative estimate of drug-likeness (QED) is 0.887. The van der Waals surface area contributed by atoms with Crippen LogP contribution in [0.2, 0.25) is 0 Å². The third-order valence-electron chi connectivity index (χ3n) is 3.06.